The average Bonchev–Trinajstić information content (AvgIpc) is 3.27. The number of allylic oxidation sites excluding steroid dienone is 14. The zero-order chi connectivity index (χ0) is 44.9. The maximum atomic E-state index is 12.7. The van der Waals surface area contributed by atoms with Gasteiger partial charge in [0.15, 0.2) is 6.10 Å². The zero-order valence-electron chi connectivity index (χ0n) is 40.9. The van der Waals surface area contributed by atoms with Crippen molar-refractivity contribution in [2.45, 2.75) is 245 Å². The van der Waals surface area contributed by atoms with Gasteiger partial charge in [-0.15, -0.1) is 0 Å². The smallest absolute Gasteiger partial charge is 0.306 e. The van der Waals surface area contributed by atoms with Crippen LogP contribution in [0.2, 0.25) is 0 Å². The van der Waals surface area contributed by atoms with Crippen LogP contribution >= 0.6 is 0 Å². The first-order valence-corrected chi connectivity index (χ1v) is 26.1. The molecule has 62 heavy (non-hydrogen) atoms. The van der Waals surface area contributed by atoms with E-state index >= 15 is 0 Å². The van der Waals surface area contributed by atoms with Crippen LogP contribution in [0.1, 0.15) is 239 Å². The highest BCUT2D eigenvalue weighted by molar-refractivity contribution is 5.70. The molecule has 0 aromatic rings. The second-order valence-corrected chi connectivity index (χ2v) is 17.0. The van der Waals surface area contributed by atoms with Crippen LogP contribution < -0.4 is 0 Å². The summed E-state index contributed by atoms with van der Waals surface area (Å²) in [5.74, 6) is -0.494. The van der Waals surface area contributed by atoms with E-state index in [2.05, 4.69) is 99.8 Å². The molecule has 1 unspecified atom stereocenters. The first-order valence-electron chi connectivity index (χ1n) is 26.1. The predicted molar refractivity (Wildman–Crippen MR) is 270 cm³/mol. The lowest BCUT2D eigenvalue weighted by molar-refractivity contribution is -0.162. The molecule has 5 heteroatoms. The van der Waals surface area contributed by atoms with E-state index in [0.29, 0.717) is 25.9 Å². The third-order valence-electron chi connectivity index (χ3n) is 10.9. The molecule has 0 spiro atoms. The van der Waals surface area contributed by atoms with Gasteiger partial charge in [-0.2, -0.15) is 0 Å². The maximum Gasteiger partial charge on any atom is 0.306 e. The number of hydrogen-bond acceptors (Lipinski definition) is 5. The minimum atomic E-state index is -0.583. The number of esters is 2. The highest BCUT2D eigenvalue weighted by atomic mass is 16.6. The topological polar surface area (TPSA) is 61.8 Å². The third kappa shape index (κ3) is 49.7. The second kappa shape index (κ2) is 52.4. The summed E-state index contributed by atoms with van der Waals surface area (Å²) in [7, 11) is 0. The number of carbonyl (C=O) groups is 2. The molecular weight excluding hydrogens is 765 g/mol. The fourth-order valence-corrected chi connectivity index (χ4v) is 7.13. The Morgan fingerprint density at radius 1 is 0.371 bits per heavy atom. The summed E-state index contributed by atoms with van der Waals surface area (Å²) in [6.45, 7) is 7.51. The van der Waals surface area contributed by atoms with E-state index in [0.717, 1.165) is 77.0 Å². The number of ether oxygens (including phenoxy) is 3. The van der Waals surface area contributed by atoms with E-state index in [4.69, 9.17) is 14.2 Å². The van der Waals surface area contributed by atoms with Gasteiger partial charge in [-0.25, -0.2) is 0 Å². The molecule has 356 valence electrons. The molecule has 0 aromatic carbocycles. The molecule has 0 saturated heterocycles. The molecule has 0 aliphatic rings. The Hall–Kier alpha value is -2.92. The summed E-state index contributed by atoms with van der Waals surface area (Å²) in [5.41, 5.74) is 0. The minimum absolute atomic E-state index is 0.0501. The molecule has 0 aromatic heterocycles. The Morgan fingerprint density at radius 2 is 0.758 bits per heavy atom. The van der Waals surface area contributed by atoms with Crippen molar-refractivity contribution in [1.82, 2.24) is 0 Å². The molecule has 1 atom stereocenters. The van der Waals surface area contributed by atoms with Gasteiger partial charge in [0.2, 0.25) is 0 Å². The van der Waals surface area contributed by atoms with Crippen molar-refractivity contribution >= 4 is 11.9 Å². The van der Waals surface area contributed by atoms with Crippen molar-refractivity contribution in [3.63, 3.8) is 0 Å². The normalized spacial score (nSPS) is 12.9. The first kappa shape index (κ1) is 59.1. The Kier molecular flexibility index (Phi) is 50.0. The zero-order valence-corrected chi connectivity index (χ0v) is 40.9. The van der Waals surface area contributed by atoms with Crippen LogP contribution in [0, 0.1) is 0 Å². The van der Waals surface area contributed by atoms with Crippen LogP contribution in [-0.2, 0) is 23.8 Å². The Morgan fingerprint density at radius 3 is 1.23 bits per heavy atom. The molecule has 0 rings (SSSR count). The molecule has 0 fully saturated rings. The average molecular weight is 863 g/mol. The van der Waals surface area contributed by atoms with Crippen molar-refractivity contribution in [2.75, 3.05) is 19.8 Å². The molecule has 0 aliphatic carbocycles. The highest BCUT2D eigenvalue weighted by Gasteiger charge is 2.17. The van der Waals surface area contributed by atoms with E-state index in [9.17, 15) is 9.59 Å². The third-order valence-corrected chi connectivity index (χ3v) is 10.9. The summed E-state index contributed by atoms with van der Waals surface area (Å²) in [6, 6.07) is 0. The second-order valence-electron chi connectivity index (χ2n) is 17.0. The van der Waals surface area contributed by atoms with Crippen molar-refractivity contribution in [1.29, 1.82) is 0 Å². The molecule has 5 nitrogen and oxygen atoms in total. The van der Waals surface area contributed by atoms with Crippen LogP contribution in [0.3, 0.4) is 0 Å². The van der Waals surface area contributed by atoms with E-state index in [1.165, 1.54) is 122 Å². The Balaban J connectivity index is 4.34. The van der Waals surface area contributed by atoms with Crippen LogP contribution in [0.15, 0.2) is 85.1 Å². The van der Waals surface area contributed by atoms with Gasteiger partial charge in [0.1, 0.15) is 6.61 Å². The largest absolute Gasteiger partial charge is 0.462 e. The summed E-state index contributed by atoms with van der Waals surface area (Å²) in [4.78, 5) is 25.4. The quantitative estimate of drug-likeness (QED) is 0.0346. The van der Waals surface area contributed by atoms with Gasteiger partial charge < -0.3 is 14.2 Å². The first-order chi connectivity index (χ1) is 30.6. The van der Waals surface area contributed by atoms with E-state index < -0.39 is 6.10 Å². The van der Waals surface area contributed by atoms with Gasteiger partial charge in [0.25, 0.3) is 0 Å². The van der Waals surface area contributed by atoms with Crippen LogP contribution in [0.4, 0.5) is 0 Å². The lowest BCUT2D eigenvalue weighted by Gasteiger charge is -2.18. The molecule has 0 radical (unpaired) electrons. The molecular formula is C57H98O5. The van der Waals surface area contributed by atoms with E-state index in [1.807, 2.05) is 6.08 Å². The molecule has 0 heterocycles. The van der Waals surface area contributed by atoms with Crippen LogP contribution in [0.25, 0.3) is 0 Å². The predicted octanol–water partition coefficient (Wildman–Crippen LogP) is 17.7. The van der Waals surface area contributed by atoms with Gasteiger partial charge >= 0.3 is 11.9 Å². The number of rotatable bonds is 47. The highest BCUT2D eigenvalue weighted by Crippen LogP contribution is 2.15. The molecule has 0 aliphatic heterocycles. The van der Waals surface area contributed by atoms with Crippen molar-refractivity contribution in [2.24, 2.45) is 0 Å². The van der Waals surface area contributed by atoms with E-state index in [-0.39, 0.29) is 25.2 Å². The van der Waals surface area contributed by atoms with Gasteiger partial charge in [0.05, 0.1) is 6.61 Å². The van der Waals surface area contributed by atoms with Crippen LogP contribution in [-0.4, -0.2) is 37.9 Å². The lowest BCUT2D eigenvalue weighted by atomic mass is 10.0. The maximum absolute atomic E-state index is 12.7. The van der Waals surface area contributed by atoms with Gasteiger partial charge in [0, 0.05) is 19.4 Å². The van der Waals surface area contributed by atoms with Crippen molar-refractivity contribution in [3.8, 4) is 0 Å². The fourth-order valence-electron chi connectivity index (χ4n) is 7.13. The summed E-state index contributed by atoms with van der Waals surface area (Å²) < 4.78 is 17.3. The molecule has 0 bridgehead atoms. The van der Waals surface area contributed by atoms with Crippen molar-refractivity contribution < 1.29 is 23.8 Å². The Bertz CT molecular complexity index is 1160. The number of unbranched alkanes of at least 4 members (excludes halogenated alkanes) is 22. The molecule has 0 amide bonds. The van der Waals surface area contributed by atoms with Gasteiger partial charge in [-0.3, -0.25) is 9.59 Å². The molecule has 0 N–H and O–H groups in total. The van der Waals surface area contributed by atoms with E-state index in [1.54, 1.807) is 0 Å². The number of carbonyl (C=O) groups excluding carboxylic acids is 2. The molecule has 0 saturated carbocycles. The van der Waals surface area contributed by atoms with Gasteiger partial charge in [-0.1, -0.05) is 234 Å². The minimum Gasteiger partial charge on any atom is -0.462 e. The summed E-state index contributed by atoms with van der Waals surface area (Å²) >= 11 is 0. The van der Waals surface area contributed by atoms with Crippen LogP contribution in [0.5, 0.6) is 0 Å². The standard InChI is InChI=1S/C57H98O5/c1-4-7-10-13-16-19-22-25-27-29-30-33-35-38-41-44-47-50-56(58)61-54-55(62-57(59)51-48-45-42-39-36-32-24-21-18-15-12-9-6-3)53-60-52-49-46-43-40-37-34-31-28-26-23-20-17-14-11-8-5-2/h8-9,11-12,17-18,20-21,26,28,32,36,42,45,55H,4-7,10,13-16,19,22-25,27,29-31,33-35,37-41,43-44,46-54H2,1-3H3/b11-8-,12-9-,20-17-,21-18-,28-26-,36-32-,45-42-. The Labute approximate surface area is 384 Å². The van der Waals surface area contributed by atoms with Gasteiger partial charge in [-0.05, 0) is 77.0 Å². The lowest BCUT2D eigenvalue weighted by Crippen LogP contribution is -2.30. The SMILES string of the molecule is CC/C=C\C/C=C\C/C=C\C/C=C\CCC(=O)OC(COCCCCCCCC/C=C\C/C=C\C/C=C\CC)COC(=O)CCCCCCCCCCCCCCCCCCC. The number of hydrogen-bond donors (Lipinski definition) is 0. The summed E-state index contributed by atoms with van der Waals surface area (Å²) in [6.07, 6.45) is 69.0. The summed E-state index contributed by atoms with van der Waals surface area (Å²) in [5, 5.41) is 0. The fraction of sp³-hybridized carbons (Fsp3) is 0.719. The van der Waals surface area contributed by atoms with Crippen molar-refractivity contribution in [3.05, 3.63) is 85.1 Å². The monoisotopic (exact) mass is 863 g/mol.